The fraction of sp³-hybridized carbons (Fsp3) is 0. The number of para-hydroxylation sites is 3. The van der Waals surface area contributed by atoms with Crippen LogP contribution in [0, 0.1) is 0 Å². The number of hydrogen-bond donors (Lipinski definition) is 0. The van der Waals surface area contributed by atoms with Crippen LogP contribution < -0.4 is 0 Å². The lowest BCUT2D eigenvalue weighted by Gasteiger charge is -2.13. The van der Waals surface area contributed by atoms with E-state index in [0.29, 0.717) is 52.4 Å². The highest BCUT2D eigenvalue weighted by molar-refractivity contribution is 6.18. The first-order valence-corrected chi connectivity index (χ1v) is 43.8. The van der Waals surface area contributed by atoms with Crippen molar-refractivity contribution < 1.29 is 13.3 Å². The third kappa shape index (κ3) is 13.6. The van der Waals surface area contributed by atoms with E-state index < -0.39 is 0 Å². The van der Waals surface area contributed by atoms with Gasteiger partial charge in [0.15, 0.2) is 52.4 Å². The average Bonchev–Trinajstić information content (AvgIpc) is 1.75. The summed E-state index contributed by atoms with van der Waals surface area (Å²) in [7, 11) is 0. The minimum absolute atomic E-state index is 0.608. The Hall–Kier alpha value is -17.9. The zero-order chi connectivity index (χ0) is 86.4. The van der Waals surface area contributed by atoms with Gasteiger partial charge in [-0.2, -0.15) is 0 Å². The van der Waals surface area contributed by atoms with Crippen LogP contribution in [-0.2, 0) is 0 Å². The zero-order valence-electron chi connectivity index (χ0n) is 70.2. The Morgan fingerprint density at radius 3 is 0.809 bits per heavy atom. The molecule has 131 heavy (non-hydrogen) atoms. The lowest BCUT2D eigenvalue weighted by molar-refractivity contribution is 0.668. The van der Waals surface area contributed by atoms with Crippen LogP contribution in [-0.4, -0.2) is 44.9 Å². The van der Waals surface area contributed by atoms with Crippen molar-refractivity contribution >= 4 is 152 Å². The summed E-state index contributed by atoms with van der Waals surface area (Å²) < 4.78 is 18.7. The van der Waals surface area contributed by atoms with Gasteiger partial charge in [-0.25, -0.2) is 44.9 Å². The molecule has 6 aromatic heterocycles. The van der Waals surface area contributed by atoms with Gasteiger partial charge in [-0.1, -0.05) is 364 Å². The first kappa shape index (κ1) is 75.6. The summed E-state index contributed by atoms with van der Waals surface area (Å²) in [6.45, 7) is 0. The summed E-state index contributed by atoms with van der Waals surface area (Å²) in [4.78, 5) is 46.2. The van der Waals surface area contributed by atoms with Gasteiger partial charge in [0.1, 0.15) is 33.5 Å². The molecule has 0 atom stereocenters. The van der Waals surface area contributed by atoms with Crippen LogP contribution in [0.2, 0.25) is 0 Å². The molecule has 12 nitrogen and oxygen atoms in total. The standard InChI is InChI=1S/C41H25N3O.2C39H23N3O/c1-2-11-26(12-3-1)27-21-23-28(24-22-27)39-42-40(34-18-10-20-37-38(34)33-17-8-9-19-36(33)45-37)44-41(43-39)35-25-29-13-4-5-14-30(29)31-15-6-7-16-32(31)35;1-2-11-25-22-27(21-20-24(25)10-1)37-40-38(32-17-9-19-35-36(32)31-16-7-8-18-34(31)43-35)42-39(41-37)33-23-26-12-3-4-13-28(26)29-14-5-6-15-30(29)33;1-2-10-26-22-28(19-16-24(26)8-1)37-40-38(29-20-21-31-27(23-29)18-17-25-9-3-4-11-30(25)31)42-39(41-37)33-13-7-15-35-36(33)32-12-5-6-14-34(32)43-35/h1-25H;2*1-23H. The van der Waals surface area contributed by atoms with E-state index in [0.717, 1.165) is 159 Å². The van der Waals surface area contributed by atoms with Crippen molar-refractivity contribution in [3.8, 4) is 114 Å². The van der Waals surface area contributed by atoms with Crippen LogP contribution in [0.3, 0.4) is 0 Å². The minimum atomic E-state index is 0.608. The van der Waals surface area contributed by atoms with Crippen molar-refractivity contribution in [3.05, 3.63) is 431 Å². The molecule has 0 aliphatic heterocycles. The highest BCUT2D eigenvalue weighted by Crippen LogP contribution is 2.45. The molecule has 0 aliphatic carbocycles. The molecular formula is C119H71N9O3. The normalized spacial score (nSPS) is 11.7. The number of nitrogens with zero attached hydrogens (tertiary/aromatic N) is 9. The van der Waals surface area contributed by atoms with Gasteiger partial charge in [-0.15, -0.1) is 0 Å². The number of fused-ring (bicyclic) bond motifs is 20. The van der Waals surface area contributed by atoms with E-state index in [4.69, 9.17) is 58.1 Å². The van der Waals surface area contributed by atoms with Gasteiger partial charge in [0.05, 0.1) is 0 Å². The van der Waals surface area contributed by atoms with Gasteiger partial charge in [0, 0.05) is 82.4 Å². The number of furan rings is 3. The van der Waals surface area contributed by atoms with Crippen molar-refractivity contribution in [2.24, 2.45) is 0 Å². The minimum Gasteiger partial charge on any atom is -0.456 e. The molecule has 0 aliphatic rings. The second-order valence-electron chi connectivity index (χ2n) is 32.9. The summed E-state index contributed by atoms with van der Waals surface area (Å²) in [6.07, 6.45) is 0. The lowest BCUT2D eigenvalue weighted by Crippen LogP contribution is -2.01. The van der Waals surface area contributed by atoms with Gasteiger partial charge in [-0.3, -0.25) is 0 Å². The van der Waals surface area contributed by atoms with E-state index in [1.165, 1.54) is 54.0 Å². The molecule has 0 saturated heterocycles. The Balaban J connectivity index is 0.000000106. The molecule has 0 saturated carbocycles. The number of hydrogen-bond acceptors (Lipinski definition) is 12. The van der Waals surface area contributed by atoms with Crippen molar-refractivity contribution in [2.45, 2.75) is 0 Å². The molecule has 21 aromatic carbocycles. The molecular weight excluding hydrogens is 1600 g/mol. The van der Waals surface area contributed by atoms with Crippen molar-refractivity contribution in [1.82, 2.24) is 44.9 Å². The van der Waals surface area contributed by atoms with Gasteiger partial charge < -0.3 is 13.3 Å². The highest BCUT2D eigenvalue weighted by atomic mass is 16.3. The summed E-state index contributed by atoms with van der Waals surface area (Å²) >= 11 is 0. The maximum Gasteiger partial charge on any atom is 0.164 e. The maximum atomic E-state index is 6.23. The fourth-order valence-corrected chi connectivity index (χ4v) is 18.9. The van der Waals surface area contributed by atoms with Crippen LogP contribution in [0.25, 0.3) is 266 Å². The second-order valence-corrected chi connectivity index (χ2v) is 32.9. The number of benzene rings is 21. The summed E-state index contributed by atoms with van der Waals surface area (Å²) in [5.41, 5.74) is 15.7. The van der Waals surface area contributed by atoms with Crippen LogP contribution in [0.4, 0.5) is 0 Å². The van der Waals surface area contributed by atoms with Crippen LogP contribution >= 0.6 is 0 Å². The SMILES string of the molecule is c1ccc(-c2ccc(-c3nc(-c4cc5ccccc5c5ccccc45)nc(-c4cccc5oc6ccccc6c45)n3)cc2)cc1.c1ccc2cc(-c3nc(-c4cc5ccccc5c5ccccc45)nc(-c4cccc5oc6ccccc6c45)n3)ccc2c1.c1ccc2cc(-c3nc(-c4ccc5c(ccc6ccccc65)c4)nc(-c4cccc5oc6ccccc6c45)n3)ccc2c1. The Kier molecular flexibility index (Phi) is 18.3. The predicted molar refractivity (Wildman–Crippen MR) is 536 cm³/mol. The van der Waals surface area contributed by atoms with Crippen molar-refractivity contribution in [3.63, 3.8) is 0 Å². The van der Waals surface area contributed by atoms with Crippen LogP contribution in [0.1, 0.15) is 0 Å². The van der Waals surface area contributed by atoms with E-state index in [-0.39, 0.29) is 0 Å². The summed E-state index contributed by atoms with van der Waals surface area (Å²) in [5, 5.41) is 24.8. The van der Waals surface area contributed by atoms with Gasteiger partial charge in [-0.05, 0) is 164 Å². The number of rotatable bonds is 10. The molecule has 0 bridgehead atoms. The first-order valence-electron chi connectivity index (χ1n) is 43.8. The Morgan fingerprint density at radius 1 is 0.122 bits per heavy atom. The first-order chi connectivity index (χ1) is 64.9. The molecule has 12 heteroatoms. The molecule has 6 heterocycles. The number of aromatic nitrogens is 9. The largest absolute Gasteiger partial charge is 0.456 e. The summed E-state index contributed by atoms with van der Waals surface area (Å²) in [6, 6.07) is 149. The molecule has 0 radical (unpaired) electrons. The Morgan fingerprint density at radius 2 is 0.374 bits per heavy atom. The van der Waals surface area contributed by atoms with Crippen molar-refractivity contribution in [1.29, 1.82) is 0 Å². The second kappa shape index (κ2) is 31.7. The topological polar surface area (TPSA) is 155 Å². The average molecular weight is 1670 g/mol. The molecule has 0 fully saturated rings. The van der Waals surface area contributed by atoms with Gasteiger partial charge in [0.25, 0.3) is 0 Å². The van der Waals surface area contributed by atoms with Gasteiger partial charge in [0.2, 0.25) is 0 Å². The molecule has 27 rings (SSSR count). The van der Waals surface area contributed by atoms with Crippen molar-refractivity contribution in [2.75, 3.05) is 0 Å². The fourth-order valence-electron chi connectivity index (χ4n) is 18.9. The van der Waals surface area contributed by atoms with Gasteiger partial charge >= 0.3 is 0 Å². The molecule has 0 amide bonds. The van der Waals surface area contributed by atoms with E-state index >= 15 is 0 Å². The molecule has 0 unspecified atom stereocenters. The van der Waals surface area contributed by atoms with E-state index in [9.17, 15) is 0 Å². The highest BCUT2D eigenvalue weighted by Gasteiger charge is 2.25. The third-order valence-corrected chi connectivity index (χ3v) is 25.1. The lowest BCUT2D eigenvalue weighted by atomic mass is 9.96. The predicted octanol–water partition coefficient (Wildman–Crippen LogP) is 31.2. The summed E-state index contributed by atoms with van der Waals surface area (Å²) in [5.74, 6) is 5.63. The molecule has 610 valence electrons. The smallest absolute Gasteiger partial charge is 0.164 e. The molecule has 0 N–H and O–H groups in total. The van der Waals surface area contributed by atoms with Crippen LogP contribution in [0.15, 0.2) is 444 Å². The monoisotopic (exact) mass is 1670 g/mol. The van der Waals surface area contributed by atoms with E-state index in [1.807, 2.05) is 97.1 Å². The Bertz CT molecular complexity index is 9290. The molecule has 0 spiro atoms. The van der Waals surface area contributed by atoms with E-state index in [1.54, 1.807) is 0 Å². The molecule has 27 aromatic rings. The maximum absolute atomic E-state index is 6.23. The third-order valence-electron chi connectivity index (χ3n) is 25.1. The van der Waals surface area contributed by atoms with E-state index in [2.05, 4.69) is 334 Å². The quantitative estimate of drug-likeness (QED) is 0.120. The van der Waals surface area contributed by atoms with Crippen LogP contribution in [0.5, 0.6) is 0 Å². The Labute approximate surface area is 749 Å². The zero-order valence-corrected chi connectivity index (χ0v) is 70.2.